The van der Waals surface area contributed by atoms with Crippen LogP contribution in [0.3, 0.4) is 0 Å². The molecule has 4 rings (SSSR count). The van der Waals surface area contributed by atoms with Gasteiger partial charge in [-0.15, -0.1) is 0 Å². The van der Waals surface area contributed by atoms with Crippen LogP contribution in [0, 0.1) is 17.2 Å². The number of hydrogen-bond donors (Lipinski definition) is 1. The van der Waals surface area contributed by atoms with Gasteiger partial charge in [0.2, 0.25) is 5.88 Å². The number of sulfone groups is 1. The fraction of sp³-hybridized carbons (Fsp3) is 0.462. The third kappa shape index (κ3) is 4.80. The van der Waals surface area contributed by atoms with Crippen LogP contribution in [0.4, 0.5) is 11.5 Å². The van der Waals surface area contributed by atoms with Gasteiger partial charge < -0.3 is 10.1 Å². The molecule has 0 bridgehead atoms. The van der Waals surface area contributed by atoms with Gasteiger partial charge in [-0.2, -0.15) is 10.4 Å². The van der Waals surface area contributed by atoms with E-state index in [0.29, 0.717) is 34.9 Å². The zero-order valence-corrected chi connectivity index (χ0v) is 21.8. The first-order valence-corrected chi connectivity index (χ1v) is 13.6. The van der Waals surface area contributed by atoms with Crippen molar-refractivity contribution in [2.75, 3.05) is 11.9 Å². The van der Waals surface area contributed by atoms with E-state index in [1.165, 1.54) is 0 Å². The molecule has 0 unspecified atom stereocenters. The van der Waals surface area contributed by atoms with Crippen molar-refractivity contribution >= 4 is 38.0 Å². The van der Waals surface area contributed by atoms with Crippen LogP contribution < -0.4 is 10.1 Å². The highest BCUT2D eigenvalue weighted by atomic mass is 32.2. The second-order valence-electron chi connectivity index (χ2n) is 10.0. The number of ketones is 1. The third-order valence-electron chi connectivity index (χ3n) is 6.38. The van der Waals surface area contributed by atoms with Crippen molar-refractivity contribution in [2.45, 2.75) is 69.1 Å². The molecule has 9 nitrogen and oxygen atoms in total. The number of Topliss-reactive ketones (excluding diaryl/α,β-unsaturated/α-hetero) is 1. The summed E-state index contributed by atoms with van der Waals surface area (Å²) in [6.07, 6.45) is 3.92. The maximum Gasteiger partial charge on any atom is 0.226 e. The van der Waals surface area contributed by atoms with Gasteiger partial charge in [0.15, 0.2) is 15.7 Å². The Balaban J connectivity index is 1.76. The minimum absolute atomic E-state index is 0.0360. The van der Waals surface area contributed by atoms with Crippen LogP contribution in [0.25, 0.3) is 10.9 Å². The lowest BCUT2D eigenvalue weighted by Crippen LogP contribution is -2.27. The standard InChI is InChI=1S/C26H31N5O4S/c1-5-6-13-35-25-23-21(11-12-28-25)31(22-15-19(32)14-17(22)16-27)30-24(23)29-18-7-9-20(10-8-18)36(33,34)26(2,3)4/h7-12,17,22H,5-6,13-15H2,1-4H3,(H,29,30)/t17-,22-/m0/s1. The van der Waals surface area contributed by atoms with E-state index in [1.807, 2.05) is 0 Å². The second kappa shape index (κ2) is 9.90. The number of rotatable bonds is 8. The lowest BCUT2D eigenvalue weighted by Gasteiger charge is -2.19. The Hall–Kier alpha value is -3.45. The van der Waals surface area contributed by atoms with Crippen LogP contribution in [0.15, 0.2) is 41.4 Å². The molecule has 0 saturated heterocycles. The first-order chi connectivity index (χ1) is 17.1. The van der Waals surface area contributed by atoms with Gasteiger partial charge in [0.1, 0.15) is 11.2 Å². The molecule has 1 fully saturated rings. The van der Waals surface area contributed by atoms with Gasteiger partial charge in [-0.05, 0) is 57.5 Å². The highest BCUT2D eigenvalue weighted by Gasteiger charge is 2.37. The van der Waals surface area contributed by atoms with E-state index in [0.717, 1.165) is 12.8 Å². The number of nitrogens with one attached hydrogen (secondary N) is 1. The van der Waals surface area contributed by atoms with Gasteiger partial charge in [-0.1, -0.05) is 13.3 Å². The Morgan fingerprint density at radius 3 is 2.56 bits per heavy atom. The summed E-state index contributed by atoms with van der Waals surface area (Å²) in [5.41, 5.74) is 1.35. The molecular formula is C26H31N5O4S. The average molecular weight is 510 g/mol. The van der Waals surface area contributed by atoms with Crippen molar-refractivity contribution in [3.63, 3.8) is 0 Å². The molecule has 1 N–H and O–H groups in total. The number of carbonyl (C=O) groups excluding carboxylic acids is 1. The van der Waals surface area contributed by atoms with Crippen LogP contribution >= 0.6 is 0 Å². The molecule has 190 valence electrons. The summed E-state index contributed by atoms with van der Waals surface area (Å²) in [5.74, 6) is 0.452. The predicted molar refractivity (Wildman–Crippen MR) is 137 cm³/mol. The van der Waals surface area contributed by atoms with E-state index in [-0.39, 0.29) is 29.6 Å². The number of pyridine rings is 1. The molecule has 0 radical (unpaired) electrons. The molecule has 1 aliphatic carbocycles. The number of anilines is 2. The van der Waals surface area contributed by atoms with Crippen molar-refractivity contribution in [1.29, 1.82) is 5.26 Å². The fourth-order valence-corrected chi connectivity index (χ4v) is 5.46. The number of benzene rings is 1. The van der Waals surface area contributed by atoms with Gasteiger partial charge in [-0.3, -0.25) is 9.48 Å². The number of ether oxygens (including phenoxy) is 1. The first kappa shape index (κ1) is 25.6. The quantitative estimate of drug-likeness (QED) is 0.422. The molecule has 2 heterocycles. The zero-order chi connectivity index (χ0) is 26.1. The number of hydrogen-bond acceptors (Lipinski definition) is 8. The normalized spacial score (nSPS) is 18.4. The molecule has 3 aromatic rings. The van der Waals surface area contributed by atoms with Gasteiger partial charge in [0.25, 0.3) is 0 Å². The van der Waals surface area contributed by atoms with Crippen LogP contribution in [-0.4, -0.2) is 40.3 Å². The second-order valence-corrected chi connectivity index (χ2v) is 12.7. The zero-order valence-electron chi connectivity index (χ0n) is 21.0. The monoisotopic (exact) mass is 509 g/mol. The van der Waals surface area contributed by atoms with E-state index in [9.17, 15) is 18.5 Å². The van der Waals surface area contributed by atoms with Crippen LogP contribution in [0.5, 0.6) is 5.88 Å². The first-order valence-electron chi connectivity index (χ1n) is 12.1. The van der Waals surface area contributed by atoms with Crippen molar-refractivity contribution in [1.82, 2.24) is 14.8 Å². The smallest absolute Gasteiger partial charge is 0.226 e. The van der Waals surface area contributed by atoms with Gasteiger partial charge in [-0.25, -0.2) is 13.4 Å². The van der Waals surface area contributed by atoms with E-state index in [2.05, 4.69) is 23.3 Å². The minimum Gasteiger partial charge on any atom is -0.477 e. The highest BCUT2D eigenvalue weighted by molar-refractivity contribution is 7.92. The molecule has 1 saturated carbocycles. The molecule has 1 aliphatic rings. The van der Waals surface area contributed by atoms with Crippen molar-refractivity contribution < 1.29 is 17.9 Å². The lowest BCUT2D eigenvalue weighted by molar-refractivity contribution is -0.117. The summed E-state index contributed by atoms with van der Waals surface area (Å²) in [7, 11) is -3.48. The third-order valence-corrected chi connectivity index (χ3v) is 8.89. The number of fused-ring (bicyclic) bond motifs is 1. The maximum absolute atomic E-state index is 12.8. The van der Waals surface area contributed by atoms with Crippen LogP contribution in [0.1, 0.15) is 59.4 Å². The van der Waals surface area contributed by atoms with E-state index in [4.69, 9.17) is 9.84 Å². The molecular weight excluding hydrogens is 478 g/mol. The van der Waals surface area contributed by atoms with Crippen LogP contribution in [0.2, 0.25) is 0 Å². The molecule has 36 heavy (non-hydrogen) atoms. The SMILES string of the molecule is CCCCOc1nccc2c1c(Nc1ccc(S(=O)(=O)C(C)(C)C)cc1)nn2[C@H]1CC(=O)C[C@H]1C#N. The Morgan fingerprint density at radius 2 is 1.92 bits per heavy atom. The molecule has 2 atom stereocenters. The molecule has 2 aromatic heterocycles. The summed E-state index contributed by atoms with van der Waals surface area (Å²) in [6, 6.07) is 10.2. The Bertz CT molecular complexity index is 1420. The topological polar surface area (TPSA) is 127 Å². The predicted octanol–water partition coefficient (Wildman–Crippen LogP) is 4.97. The summed E-state index contributed by atoms with van der Waals surface area (Å²) in [6.45, 7) is 7.58. The summed E-state index contributed by atoms with van der Waals surface area (Å²) >= 11 is 0. The summed E-state index contributed by atoms with van der Waals surface area (Å²) in [4.78, 5) is 16.8. The van der Waals surface area contributed by atoms with Crippen molar-refractivity contribution in [3.8, 4) is 11.9 Å². The minimum atomic E-state index is -3.48. The molecule has 0 amide bonds. The average Bonchev–Trinajstić information content (AvgIpc) is 3.39. The summed E-state index contributed by atoms with van der Waals surface area (Å²) in [5, 5.41) is 18.3. The van der Waals surface area contributed by atoms with Crippen LogP contribution in [-0.2, 0) is 14.6 Å². The Kier molecular flexibility index (Phi) is 7.05. The van der Waals surface area contributed by atoms with Gasteiger partial charge in [0.05, 0.1) is 39.8 Å². The number of unbranched alkanes of at least 4 members (excludes halogenated alkanes) is 1. The van der Waals surface area contributed by atoms with Gasteiger partial charge >= 0.3 is 0 Å². The number of nitrogens with zero attached hydrogens (tertiary/aromatic N) is 4. The number of aromatic nitrogens is 3. The highest BCUT2D eigenvalue weighted by Crippen LogP contribution is 2.39. The Morgan fingerprint density at radius 1 is 1.19 bits per heavy atom. The molecule has 10 heteroatoms. The molecule has 0 spiro atoms. The maximum atomic E-state index is 12.8. The van der Waals surface area contributed by atoms with E-state index < -0.39 is 20.5 Å². The van der Waals surface area contributed by atoms with Gasteiger partial charge in [0, 0.05) is 24.7 Å². The largest absolute Gasteiger partial charge is 0.477 e. The van der Waals surface area contributed by atoms with Crippen molar-refractivity contribution in [3.05, 3.63) is 36.5 Å². The number of nitriles is 1. The van der Waals surface area contributed by atoms with E-state index >= 15 is 0 Å². The number of carbonyl (C=O) groups is 1. The van der Waals surface area contributed by atoms with E-state index in [1.54, 1.807) is 62.0 Å². The molecule has 0 aliphatic heterocycles. The van der Waals surface area contributed by atoms with Crippen molar-refractivity contribution in [2.24, 2.45) is 5.92 Å². The summed E-state index contributed by atoms with van der Waals surface area (Å²) < 4.78 is 32.4. The Labute approximate surface area is 211 Å². The molecule has 1 aromatic carbocycles. The lowest BCUT2D eigenvalue weighted by atomic mass is 10.1. The fourth-order valence-electron chi connectivity index (χ4n) is 4.26.